The number of benzene rings is 2. The molecule has 1 N–H and O–H groups in total. The van der Waals surface area contributed by atoms with Gasteiger partial charge in [-0.3, -0.25) is 4.21 Å². The molecule has 0 aromatic heterocycles. The van der Waals surface area contributed by atoms with Gasteiger partial charge in [-0.05, 0) is 23.9 Å². The first kappa shape index (κ1) is 13.0. The minimum absolute atomic E-state index is 0.281. The van der Waals surface area contributed by atoms with Crippen molar-refractivity contribution in [1.29, 1.82) is 0 Å². The molecule has 0 saturated carbocycles. The van der Waals surface area contributed by atoms with E-state index in [1.165, 1.54) is 0 Å². The maximum Gasteiger partial charge on any atom is 0.127 e. The highest BCUT2D eigenvalue weighted by molar-refractivity contribution is 7.77. The number of ether oxygens (including phenoxy) is 1. The Kier molecular flexibility index (Phi) is 4.30. The molecule has 0 spiro atoms. The lowest BCUT2D eigenvalue weighted by atomic mass is 10.0. The molecule has 0 fully saturated rings. The van der Waals surface area contributed by atoms with Crippen LogP contribution in [0.5, 0.6) is 5.75 Å². The Morgan fingerprint density at radius 3 is 2.61 bits per heavy atom. The van der Waals surface area contributed by atoms with E-state index >= 15 is 0 Å². The molecule has 2 aromatic rings. The lowest BCUT2D eigenvalue weighted by molar-refractivity contribution is 0.344. The van der Waals surface area contributed by atoms with Crippen molar-refractivity contribution >= 4 is 22.0 Å². The van der Waals surface area contributed by atoms with E-state index in [-0.39, 0.29) is 6.54 Å². The van der Waals surface area contributed by atoms with E-state index in [4.69, 9.17) is 4.74 Å². The zero-order valence-electron chi connectivity index (χ0n) is 10.0. The molecule has 2 rings (SSSR count). The molecule has 1 atom stereocenters. The maximum absolute atomic E-state index is 10.5. The molecule has 0 saturated heterocycles. The molecule has 0 aliphatic heterocycles. The summed E-state index contributed by atoms with van der Waals surface area (Å²) in [6.45, 7) is 2.82. The van der Waals surface area contributed by atoms with Gasteiger partial charge in [-0.2, -0.15) is 0 Å². The predicted molar refractivity (Wildman–Crippen MR) is 70.9 cm³/mol. The van der Waals surface area contributed by atoms with Crippen molar-refractivity contribution < 1.29 is 13.5 Å². The van der Waals surface area contributed by atoms with Crippen LogP contribution in [0.3, 0.4) is 0 Å². The fraction of sp³-hybridized carbons (Fsp3) is 0.231. The highest BCUT2D eigenvalue weighted by Gasteiger charge is 2.05. The van der Waals surface area contributed by atoms with Gasteiger partial charge in [-0.25, -0.2) is 4.72 Å². The quantitative estimate of drug-likeness (QED) is 0.841. The molecule has 96 valence electrons. The van der Waals surface area contributed by atoms with Crippen LogP contribution < -0.4 is 9.46 Å². The molecular weight excluding hydrogens is 250 g/mol. The molecule has 0 amide bonds. The minimum atomic E-state index is -2.25. The van der Waals surface area contributed by atoms with Gasteiger partial charge in [-0.1, -0.05) is 30.3 Å². The van der Waals surface area contributed by atoms with Crippen molar-refractivity contribution in [2.24, 2.45) is 0 Å². The zero-order valence-corrected chi connectivity index (χ0v) is 10.8. The van der Waals surface area contributed by atoms with Crippen molar-refractivity contribution in [3.05, 3.63) is 42.0 Å². The normalized spacial score (nSPS) is 12.6. The summed E-state index contributed by atoms with van der Waals surface area (Å²) in [6.07, 6.45) is 0. The van der Waals surface area contributed by atoms with Crippen molar-refractivity contribution in [3.8, 4) is 5.75 Å². The van der Waals surface area contributed by atoms with Crippen LogP contribution in [-0.2, 0) is 17.8 Å². The summed E-state index contributed by atoms with van der Waals surface area (Å²) in [7, 11) is 0. The molecule has 2 aromatic carbocycles. The Morgan fingerprint density at radius 1 is 1.22 bits per heavy atom. The largest absolute Gasteiger partial charge is 0.760 e. The van der Waals surface area contributed by atoms with Gasteiger partial charge in [0.2, 0.25) is 0 Å². The summed E-state index contributed by atoms with van der Waals surface area (Å²) in [5.74, 6) is 0.820. The first-order chi connectivity index (χ1) is 8.72. The second kappa shape index (κ2) is 5.95. The summed E-state index contributed by atoms with van der Waals surface area (Å²) in [6, 6.07) is 11.5. The third-order valence-electron chi connectivity index (χ3n) is 2.65. The van der Waals surface area contributed by atoms with E-state index in [1.54, 1.807) is 0 Å². The van der Waals surface area contributed by atoms with Crippen LogP contribution >= 0.6 is 0 Å². The topological polar surface area (TPSA) is 61.4 Å². The molecule has 0 bridgehead atoms. The van der Waals surface area contributed by atoms with Crippen LogP contribution in [-0.4, -0.2) is 15.4 Å². The van der Waals surface area contributed by atoms with Gasteiger partial charge in [-0.15, -0.1) is 0 Å². The van der Waals surface area contributed by atoms with Gasteiger partial charge < -0.3 is 9.29 Å². The Labute approximate surface area is 108 Å². The Morgan fingerprint density at radius 2 is 1.94 bits per heavy atom. The van der Waals surface area contributed by atoms with Crippen LogP contribution in [0.4, 0.5) is 0 Å². The van der Waals surface area contributed by atoms with Gasteiger partial charge >= 0.3 is 0 Å². The van der Waals surface area contributed by atoms with Gasteiger partial charge in [0.1, 0.15) is 5.75 Å². The third kappa shape index (κ3) is 2.87. The number of nitrogens with one attached hydrogen (secondary N) is 1. The second-order valence-electron chi connectivity index (χ2n) is 3.76. The third-order valence-corrected chi connectivity index (χ3v) is 3.03. The average Bonchev–Trinajstić information content (AvgIpc) is 2.38. The molecule has 18 heavy (non-hydrogen) atoms. The minimum Gasteiger partial charge on any atom is -0.760 e. The Balaban J connectivity index is 2.43. The van der Waals surface area contributed by atoms with Crippen LogP contribution in [0.15, 0.2) is 36.4 Å². The van der Waals surface area contributed by atoms with Gasteiger partial charge in [0, 0.05) is 23.2 Å². The van der Waals surface area contributed by atoms with E-state index < -0.39 is 11.3 Å². The van der Waals surface area contributed by atoms with E-state index in [0.717, 1.165) is 22.1 Å². The van der Waals surface area contributed by atoms with Crippen molar-refractivity contribution in [3.63, 3.8) is 0 Å². The smallest absolute Gasteiger partial charge is 0.127 e. The first-order valence-corrected chi connectivity index (χ1v) is 6.76. The van der Waals surface area contributed by atoms with Gasteiger partial charge in [0.25, 0.3) is 0 Å². The fourth-order valence-electron chi connectivity index (χ4n) is 1.91. The lowest BCUT2D eigenvalue weighted by Gasteiger charge is -2.13. The van der Waals surface area contributed by atoms with E-state index in [9.17, 15) is 8.76 Å². The second-order valence-corrected chi connectivity index (χ2v) is 4.52. The molecule has 5 heteroatoms. The average molecular weight is 264 g/mol. The summed E-state index contributed by atoms with van der Waals surface area (Å²) < 4.78 is 29.0. The highest BCUT2D eigenvalue weighted by atomic mass is 32.2. The molecule has 0 heterocycles. The van der Waals surface area contributed by atoms with Crippen LogP contribution in [0.25, 0.3) is 10.8 Å². The molecule has 4 nitrogen and oxygen atoms in total. The van der Waals surface area contributed by atoms with Crippen molar-refractivity contribution in [2.45, 2.75) is 13.5 Å². The summed E-state index contributed by atoms with van der Waals surface area (Å²) >= 11 is -2.25. The zero-order chi connectivity index (χ0) is 13.0. The first-order valence-electron chi connectivity index (χ1n) is 5.68. The standard InChI is InChI=1S/C13H15NO3S/c1-2-17-13-8-7-10(9-14-18(15)16)11-5-3-4-6-12(11)13/h3-8,14H,2,9H2,1H3,(H,15,16)/p-1. The van der Waals surface area contributed by atoms with E-state index in [2.05, 4.69) is 4.72 Å². The van der Waals surface area contributed by atoms with Crippen molar-refractivity contribution in [1.82, 2.24) is 4.72 Å². The summed E-state index contributed by atoms with van der Waals surface area (Å²) in [5, 5.41) is 2.00. The molecule has 0 radical (unpaired) electrons. The summed E-state index contributed by atoms with van der Waals surface area (Å²) in [5.41, 5.74) is 0.929. The number of fused-ring (bicyclic) bond motifs is 1. The summed E-state index contributed by atoms with van der Waals surface area (Å²) in [4.78, 5) is 0. The fourth-order valence-corrected chi connectivity index (χ4v) is 2.18. The van der Waals surface area contributed by atoms with Crippen LogP contribution in [0.1, 0.15) is 12.5 Å². The van der Waals surface area contributed by atoms with Crippen LogP contribution in [0, 0.1) is 0 Å². The predicted octanol–water partition coefficient (Wildman–Crippen LogP) is 2.12. The highest BCUT2D eigenvalue weighted by Crippen LogP contribution is 2.28. The Hall–Kier alpha value is -1.43. The van der Waals surface area contributed by atoms with Gasteiger partial charge in [0.05, 0.1) is 6.61 Å². The monoisotopic (exact) mass is 264 g/mol. The molecule has 0 aliphatic carbocycles. The van der Waals surface area contributed by atoms with Crippen molar-refractivity contribution in [2.75, 3.05) is 6.61 Å². The SMILES string of the molecule is CCOc1ccc(CNS(=O)[O-])c2ccccc12. The van der Waals surface area contributed by atoms with Gasteiger partial charge in [0.15, 0.2) is 0 Å². The Bertz CT molecular complexity index is 571. The molecular formula is C13H14NO3S-. The van der Waals surface area contributed by atoms with E-state index in [1.807, 2.05) is 43.3 Å². The number of hydrogen-bond donors (Lipinski definition) is 1. The molecule has 0 aliphatic rings. The molecule has 1 unspecified atom stereocenters. The number of hydrogen-bond acceptors (Lipinski definition) is 3. The lowest BCUT2D eigenvalue weighted by Crippen LogP contribution is -2.15. The maximum atomic E-state index is 10.5. The van der Waals surface area contributed by atoms with E-state index in [0.29, 0.717) is 6.61 Å². The van der Waals surface area contributed by atoms with Crippen LogP contribution in [0.2, 0.25) is 0 Å². The number of rotatable bonds is 5.